The van der Waals surface area contributed by atoms with E-state index < -0.39 is 30.0 Å². The van der Waals surface area contributed by atoms with Crippen molar-refractivity contribution in [2.75, 3.05) is 54.9 Å². The Labute approximate surface area is 202 Å². The lowest BCUT2D eigenvalue weighted by atomic mass is 10.2. The number of esters is 1. The molecule has 2 aliphatic rings. The van der Waals surface area contributed by atoms with E-state index in [1.165, 1.54) is 12.1 Å². The molecule has 1 aromatic heterocycles. The lowest BCUT2D eigenvalue weighted by Gasteiger charge is -2.25. The predicted octanol–water partition coefficient (Wildman–Crippen LogP) is 1.80. The van der Waals surface area contributed by atoms with Crippen LogP contribution in [0.1, 0.15) is 17.3 Å². The Balaban J connectivity index is 1.67. The normalized spacial score (nSPS) is 15.9. The third-order valence-corrected chi connectivity index (χ3v) is 5.35. The SMILES string of the molecule is CCOC(=O)CN1CCN(c2ccc(N3CCOc4ncnc(N)c4C3=O)cc2OC(F)(F)F)C1=O. The number of carbonyl (C=O) groups is 3. The molecule has 4 rings (SSSR count). The van der Waals surface area contributed by atoms with Gasteiger partial charge in [-0.3, -0.25) is 14.5 Å². The van der Waals surface area contributed by atoms with E-state index in [9.17, 15) is 27.6 Å². The van der Waals surface area contributed by atoms with Crippen LogP contribution in [-0.2, 0) is 9.53 Å². The van der Waals surface area contributed by atoms with Gasteiger partial charge in [0.2, 0.25) is 5.88 Å². The molecule has 1 aromatic carbocycles. The van der Waals surface area contributed by atoms with Crippen molar-refractivity contribution >= 4 is 35.1 Å². The summed E-state index contributed by atoms with van der Waals surface area (Å²) < 4.78 is 54.3. The van der Waals surface area contributed by atoms with Crippen molar-refractivity contribution in [3.05, 3.63) is 30.1 Å². The van der Waals surface area contributed by atoms with Crippen molar-refractivity contribution in [2.24, 2.45) is 0 Å². The second-order valence-corrected chi connectivity index (χ2v) is 7.60. The van der Waals surface area contributed by atoms with Crippen molar-refractivity contribution in [2.45, 2.75) is 13.3 Å². The van der Waals surface area contributed by atoms with E-state index >= 15 is 0 Å². The number of ether oxygens (including phenoxy) is 3. The fourth-order valence-corrected chi connectivity index (χ4v) is 3.82. The summed E-state index contributed by atoms with van der Waals surface area (Å²) in [5.41, 5.74) is 5.54. The van der Waals surface area contributed by atoms with Crippen LogP contribution in [0.5, 0.6) is 11.6 Å². The van der Waals surface area contributed by atoms with Gasteiger partial charge in [-0.25, -0.2) is 14.8 Å². The number of fused-ring (bicyclic) bond motifs is 1. The molecule has 3 heterocycles. The maximum Gasteiger partial charge on any atom is 0.573 e. The molecule has 1 fully saturated rings. The van der Waals surface area contributed by atoms with E-state index in [1.54, 1.807) is 6.92 Å². The second kappa shape index (κ2) is 9.75. The summed E-state index contributed by atoms with van der Waals surface area (Å²) in [5.74, 6) is -2.21. The summed E-state index contributed by atoms with van der Waals surface area (Å²) in [4.78, 5) is 48.7. The van der Waals surface area contributed by atoms with Gasteiger partial charge in [-0.1, -0.05) is 0 Å². The van der Waals surface area contributed by atoms with Gasteiger partial charge in [-0.05, 0) is 19.1 Å². The zero-order valence-electron chi connectivity index (χ0n) is 18.9. The Morgan fingerprint density at radius 2 is 1.94 bits per heavy atom. The number of alkyl halides is 3. The number of benzene rings is 1. The molecular formula is C21H21F3N6O6. The molecule has 0 aliphatic carbocycles. The maximum atomic E-state index is 13.3. The largest absolute Gasteiger partial charge is 0.573 e. The lowest BCUT2D eigenvalue weighted by molar-refractivity contribution is -0.274. The summed E-state index contributed by atoms with van der Waals surface area (Å²) >= 11 is 0. The Morgan fingerprint density at radius 1 is 1.17 bits per heavy atom. The average molecular weight is 510 g/mol. The van der Waals surface area contributed by atoms with Crippen LogP contribution in [-0.4, -0.2) is 78.5 Å². The van der Waals surface area contributed by atoms with E-state index in [-0.39, 0.29) is 68.0 Å². The number of amides is 3. The summed E-state index contributed by atoms with van der Waals surface area (Å²) in [6.07, 6.45) is -3.96. The molecule has 2 N–H and O–H groups in total. The van der Waals surface area contributed by atoms with E-state index in [0.29, 0.717) is 0 Å². The number of halogens is 3. The van der Waals surface area contributed by atoms with Gasteiger partial charge < -0.3 is 29.7 Å². The van der Waals surface area contributed by atoms with Gasteiger partial charge in [-0.15, -0.1) is 13.2 Å². The third-order valence-electron chi connectivity index (χ3n) is 5.35. The highest BCUT2D eigenvalue weighted by atomic mass is 19.4. The second-order valence-electron chi connectivity index (χ2n) is 7.60. The third kappa shape index (κ3) is 5.04. The minimum Gasteiger partial charge on any atom is -0.475 e. The van der Waals surface area contributed by atoms with Gasteiger partial charge in [0.15, 0.2) is 5.75 Å². The first kappa shape index (κ1) is 24.8. The number of carbonyl (C=O) groups excluding carboxylic acids is 3. The van der Waals surface area contributed by atoms with E-state index in [2.05, 4.69) is 14.7 Å². The van der Waals surface area contributed by atoms with Crippen molar-refractivity contribution in [1.82, 2.24) is 14.9 Å². The van der Waals surface area contributed by atoms with Crippen LogP contribution in [0.3, 0.4) is 0 Å². The maximum absolute atomic E-state index is 13.3. The molecular weight excluding hydrogens is 489 g/mol. The van der Waals surface area contributed by atoms with Crippen molar-refractivity contribution < 1.29 is 41.8 Å². The molecule has 2 aromatic rings. The topological polar surface area (TPSA) is 140 Å². The summed E-state index contributed by atoms with van der Waals surface area (Å²) in [7, 11) is 0. The van der Waals surface area contributed by atoms with Gasteiger partial charge in [0.05, 0.1) is 18.8 Å². The van der Waals surface area contributed by atoms with Crippen LogP contribution in [0.4, 0.5) is 35.2 Å². The minimum absolute atomic E-state index is 0.00351. The highest BCUT2D eigenvalue weighted by molar-refractivity contribution is 6.11. The Morgan fingerprint density at radius 3 is 2.67 bits per heavy atom. The number of nitrogens with zero attached hydrogens (tertiary/aromatic N) is 5. The molecule has 3 amide bonds. The smallest absolute Gasteiger partial charge is 0.475 e. The number of hydrogen-bond donors (Lipinski definition) is 1. The Bertz CT molecular complexity index is 1190. The molecule has 192 valence electrons. The van der Waals surface area contributed by atoms with Crippen LogP contribution in [0.25, 0.3) is 0 Å². The first-order valence-corrected chi connectivity index (χ1v) is 10.8. The molecule has 0 unspecified atom stereocenters. The van der Waals surface area contributed by atoms with Crippen molar-refractivity contribution in [3.8, 4) is 11.6 Å². The Kier molecular flexibility index (Phi) is 6.72. The zero-order chi connectivity index (χ0) is 26.0. The highest BCUT2D eigenvalue weighted by Crippen LogP contribution is 2.39. The highest BCUT2D eigenvalue weighted by Gasteiger charge is 2.38. The number of rotatable bonds is 6. The number of anilines is 3. The number of nitrogens with two attached hydrogens (primary N) is 1. The summed E-state index contributed by atoms with van der Waals surface area (Å²) in [6.45, 7) is 1.43. The molecule has 12 nitrogen and oxygen atoms in total. The molecule has 0 atom stereocenters. The minimum atomic E-state index is -5.09. The van der Waals surface area contributed by atoms with E-state index in [1.807, 2.05) is 0 Å². The first-order valence-electron chi connectivity index (χ1n) is 10.8. The molecule has 1 saturated heterocycles. The van der Waals surface area contributed by atoms with Crippen LogP contribution >= 0.6 is 0 Å². The Hall–Kier alpha value is -4.30. The quantitative estimate of drug-likeness (QED) is 0.576. The van der Waals surface area contributed by atoms with Crippen molar-refractivity contribution in [1.29, 1.82) is 0 Å². The van der Waals surface area contributed by atoms with Crippen LogP contribution in [0.2, 0.25) is 0 Å². The van der Waals surface area contributed by atoms with Crippen LogP contribution < -0.4 is 25.0 Å². The molecule has 0 radical (unpaired) electrons. The standard InChI is InChI=1S/C21H21F3N6O6/c1-2-34-15(31)10-28-5-6-30(20(28)33)13-4-3-12(9-14(13)36-21(22,23)24)29-7-8-35-18-16(19(29)32)17(25)26-11-27-18/h3-4,9,11H,2,5-8,10H2,1H3,(H2,25,26,27). The number of aromatic nitrogens is 2. The molecule has 0 spiro atoms. The van der Waals surface area contributed by atoms with Gasteiger partial charge >= 0.3 is 18.4 Å². The molecule has 15 heteroatoms. The van der Waals surface area contributed by atoms with E-state index in [0.717, 1.165) is 27.1 Å². The molecule has 2 aliphatic heterocycles. The summed E-state index contributed by atoms with van der Waals surface area (Å²) in [6, 6.07) is 2.89. The first-order chi connectivity index (χ1) is 17.1. The molecule has 0 saturated carbocycles. The average Bonchev–Trinajstić information content (AvgIpc) is 3.05. The fourth-order valence-electron chi connectivity index (χ4n) is 3.82. The number of nitrogen functional groups attached to an aromatic ring is 1. The lowest BCUT2D eigenvalue weighted by Crippen LogP contribution is -2.36. The molecule has 0 bridgehead atoms. The van der Waals surface area contributed by atoms with Gasteiger partial charge in [0.25, 0.3) is 5.91 Å². The monoisotopic (exact) mass is 510 g/mol. The van der Waals surface area contributed by atoms with Gasteiger partial charge in [0.1, 0.15) is 30.9 Å². The number of urea groups is 1. The van der Waals surface area contributed by atoms with E-state index in [4.69, 9.17) is 15.2 Å². The predicted molar refractivity (Wildman–Crippen MR) is 118 cm³/mol. The van der Waals surface area contributed by atoms with Crippen LogP contribution in [0.15, 0.2) is 24.5 Å². The summed E-state index contributed by atoms with van der Waals surface area (Å²) in [5, 5.41) is 0. The van der Waals surface area contributed by atoms with Crippen LogP contribution in [0, 0.1) is 0 Å². The van der Waals surface area contributed by atoms with Crippen molar-refractivity contribution in [3.63, 3.8) is 0 Å². The number of hydrogen-bond acceptors (Lipinski definition) is 9. The zero-order valence-corrected chi connectivity index (χ0v) is 18.9. The fraction of sp³-hybridized carbons (Fsp3) is 0.381. The molecule has 36 heavy (non-hydrogen) atoms. The van der Waals surface area contributed by atoms with Gasteiger partial charge in [-0.2, -0.15) is 0 Å². The van der Waals surface area contributed by atoms with Gasteiger partial charge in [0, 0.05) is 24.8 Å².